The van der Waals surface area contributed by atoms with E-state index in [4.69, 9.17) is 9.47 Å². The molecule has 182 valence electrons. The largest absolute Gasteiger partial charge is 0.497 e. The van der Waals surface area contributed by atoms with Crippen LogP contribution in [-0.4, -0.2) is 25.9 Å². The first kappa shape index (κ1) is 24.4. The Balaban J connectivity index is 1.42. The highest BCUT2D eigenvalue weighted by Crippen LogP contribution is 2.50. The lowest BCUT2D eigenvalue weighted by Crippen LogP contribution is -2.39. The van der Waals surface area contributed by atoms with Gasteiger partial charge in [-0.1, -0.05) is 36.4 Å². The van der Waals surface area contributed by atoms with E-state index in [2.05, 4.69) is 12.2 Å². The molecule has 0 radical (unpaired) electrons. The number of benzene rings is 2. The first-order valence-electron chi connectivity index (χ1n) is 12.2. The molecule has 0 saturated heterocycles. The summed E-state index contributed by atoms with van der Waals surface area (Å²) in [6, 6.07) is 12.8. The van der Waals surface area contributed by atoms with Crippen LogP contribution in [0, 0.1) is 17.7 Å². The van der Waals surface area contributed by atoms with Gasteiger partial charge in [-0.2, -0.15) is 0 Å². The van der Waals surface area contributed by atoms with Crippen LogP contribution in [0.25, 0.3) is 6.08 Å². The lowest BCUT2D eigenvalue weighted by Gasteiger charge is -2.29. The van der Waals surface area contributed by atoms with Crippen LogP contribution in [-0.2, 0) is 9.53 Å². The predicted molar refractivity (Wildman–Crippen MR) is 130 cm³/mol. The van der Waals surface area contributed by atoms with E-state index in [0.717, 1.165) is 55.2 Å². The maximum atomic E-state index is 15.5. The van der Waals surface area contributed by atoms with Gasteiger partial charge < -0.3 is 9.47 Å². The summed E-state index contributed by atoms with van der Waals surface area (Å²) in [5.74, 6) is 0.0296. The number of ether oxygens (including phenoxy) is 2. The molecule has 0 aliphatic heterocycles. The Hall–Kier alpha value is -2.69. The standard InChI is InChI=1S/C29H34F2O3/c1-29(31,28(32)34-3)27(22-13-14-22)23-6-4-5-20(17-23)8-7-19-9-11-21(12-10-19)25-18-24(33-2)15-16-26(25)30/h4-8,15-19,21-22,27H,9-14H2,1-3H3/b8-7+/t19?,21?,27-,29-/m0/s1. The van der Waals surface area contributed by atoms with Gasteiger partial charge >= 0.3 is 5.97 Å². The summed E-state index contributed by atoms with van der Waals surface area (Å²) in [4.78, 5) is 12.1. The average molecular weight is 469 g/mol. The summed E-state index contributed by atoms with van der Waals surface area (Å²) in [6.45, 7) is 1.34. The van der Waals surface area contributed by atoms with Gasteiger partial charge in [0.15, 0.2) is 0 Å². The molecule has 2 fully saturated rings. The molecule has 0 bridgehead atoms. The Morgan fingerprint density at radius 3 is 2.44 bits per heavy atom. The minimum absolute atomic E-state index is 0.159. The second-order valence-corrected chi connectivity index (χ2v) is 9.91. The predicted octanol–water partition coefficient (Wildman–Crippen LogP) is 7.22. The van der Waals surface area contributed by atoms with Crippen LogP contribution >= 0.6 is 0 Å². The number of methoxy groups -OCH3 is 2. The lowest BCUT2D eigenvalue weighted by atomic mass is 9.78. The molecule has 0 N–H and O–H groups in total. The van der Waals surface area contributed by atoms with Gasteiger partial charge in [0.05, 0.1) is 14.2 Å². The zero-order valence-electron chi connectivity index (χ0n) is 20.2. The Morgan fingerprint density at radius 2 is 1.79 bits per heavy atom. The molecule has 3 nitrogen and oxygen atoms in total. The van der Waals surface area contributed by atoms with Crippen molar-refractivity contribution in [2.24, 2.45) is 11.8 Å². The van der Waals surface area contributed by atoms with Crippen molar-refractivity contribution in [3.8, 4) is 5.75 Å². The summed E-state index contributed by atoms with van der Waals surface area (Å²) in [5.41, 5.74) is 0.550. The monoisotopic (exact) mass is 468 g/mol. The van der Waals surface area contributed by atoms with Crippen molar-refractivity contribution in [2.75, 3.05) is 14.2 Å². The van der Waals surface area contributed by atoms with E-state index in [1.165, 1.54) is 20.1 Å². The molecule has 0 aromatic heterocycles. The van der Waals surface area contributed by atoms with E-state index < -0.39 is 17.6 Å². The van der Waals surface area contributed by atoms with Gasteiger partial charge in [0.2, 0.25) is 5.67 Å². The van der Waals surface area contributed by atoms with Gasteiger partial charge in [-0.3, -0.25) is 0 Å². The number of alkyl halides is 1. The second-order valence-electron chi connectivity index (χ2n) is 9.91. The number of carbonyl (C=O) groups excluding carboxylic acids is 1. The van der Waals surface area contributed by atoms with Crippen molar-refractivity contribution in [2.45, 2.75) is 63.0 Å². The normalized spacial score (nSPS) is 23.3. The molecule has 0 spiro atoms. The summed E-state index contributed by atoms with van der Waals surface area (Å²) in [7, 11) is 2.84. The zero-order chi connectivity index (χ0) is 24.3. The SMILES string of the molecule is COC(=O)[C@@](C)(F)[C@H](c1cccc(/C=C/C2CCC(c3cc(OC)ccc3F)CC2)c1)C1CC1. The molecular weight excluding hydrogens is 434 g/mol. The molecule has 2 saturated carbocycles. The van der Waals surface area contributed by atoms with Crippen molar-refractivity contribution < 1.29 is 23.0 Å². The fraction of sp³-hybridized carbons (Fsp3) is 0.483. The Labute approximate surface area is 201 Å². The maximum Gasteiger partial charge on any atom is 0.343 e. The van der Waals surface area contributed by atoms with Crippen molar-refractivity contribution >= 4 is 12.0 Å². The third-order valence-corrected chi connectivity index (χ3v) is 7.51. The molecule has 2 aliphatic carbocycles. The number of rotatable bonds is 8. The number of halogens is 2. The van der Waals surface area contributed by atoms with Gasteiger partial charge in [-0.25, -0.2) is 13.6 Å². The van der Waals surface area contributed by atoms with Crippen LogP contribution in [0.4, 0.5) is 8.78 Å². The summed E-state index contributed by atoms with van der Waals surface area (Å²) in [5, 5.41) is 0. The third kappa shape index (κ3) is 5.34. The topological polar surface area (TPSA) is 35.5 Å². The number of hydrogen-bond donors (Lipinski definition) is 0. The molecule has 2 atom stereocenters. The van der Waals surface area contributed by atoms with Gasteiger partial charge in [0.1, 0.15) is 11.6 Å². The highest BCUT2D eigenvalue weighted by Gasteiger charge is 2.50. The first-order chi connectivity index (χ1) is 16.3. The van der Waals surface area contributed by atoms with Crippen LogP contribution in [0.15, 0.2) is 48.5 Å². The van der Waals surface area contributed by atoms with Gasteiger partial charge in [0, 0.05) is 5.92 Å². The second kappa shape index (κ2) is 10.3. The fourth-order valence-electron chi connectivity index (χ4n) is 5.47. The first-order valence-corrected chi connectivity index (χ1v) is 12.2. The van der Waals surface area contributed by atoms with E-state index in [1.807, 2.05) is 30.3 Å². The summed E-state index contributed by atoms with van der Waals surface area (Å²) < 4.78 is 39.8. The van der Waals surface area contributed by atoms with Gasteiger partial charge in [-0.05, 0) is 98.1 Å². The molecular formula is C29H34F2O3. The van der Waals surface area contributed by atoms with Gasteiger partial charge in [-0.15, -0.1) is 0 Å². The van der Waals surface area contributed by atoms with Crippen LogP contribution in [0.3, 0.4) is 0 Å². The average Bonchev–Trinajstić information content (AvgIpc) is 3.68. The number of carbonyl (C=O) groups is 1. The molecule has 0 amide bonds. The van der Waals surface area contributed by atoms with Gasteiger partial charge in [0.25, 0.3) is 0 Å². The molecule has 2 aromatic rings. The van der Waals surface area contributed by atoms with E-state index >= 15 is 4.39 Å². The van der Waals surface area contributed by atoms with Crippen LogP contribution < -0.4 is 4.74 Å². The number of esters is 1. The van der Waals surface area contributed by atoms with Crippen molar-refractivity contribution in [1.82, 2.24) is 0 Å². The van der Waals surface area contributed by atoms with E-state index in [-0.39, 0.29) is 17.7 Å². The highest BCUT2D eigenvalue weighted by molar-refractivity contribution is 5.80. The zero-order valence-corrected chi connectivity index (χ0v) is 20.2. The minimum atomic E-state index is -2.05. The Bertz CT molecular complexity index is 1030. The van der Waals surface area contributed by atoms with E-state index in [0.29, 0.717) is 11.7 Å². The Kier molecular flexibility index (Phi) is 7.39. The maximum absolute atomic E-state index is 15.5. The Morgan fingerprint density at radius 1 is 1.06 bits per heavy atom. The number of hydrogen-bond acceptors (Lipinski definition) is 3. The van der Waals surface area contributed by atoms with Crippen molar-refractivity contribution in [3.63, 3.8) is 0 Å². The summed E-state index contributed by atoms with van der Waals surface area (Å²) >= 11 is 0. The van der Waals surface area contributed by atoms with Crippen LogP contribution in [0.2, 0.25) is 0 Å². The molecule has 4 rings (SSSR count). The summed E-state index contributed by atoms with van der Waals surface area (Å²) in [6.07, 6.45) is 10.0. The van der Waals surface area contributed by atoms with E-state index in [9.17, 15) is 9.18 Å². The number of allylic oxidation sites excluding steroid dienone is 1. The highest BCUT2D eigenvalue weighted by atomic mass is 19.1. The third-order valence-electron chi connectivity index (χ3n) is 7.51. The smallest absolute Gasteiger partial charge is 0.343 e. The molecule has 2 aromatic carbocycles. The minimum Gasteiger partial charge on any atom is -0.497 e. The molecule has 0 heterocycles. The van der Waals surface area contributed by atoms with Crippen molar-refractivity contribution in [1.29, 1.82) is 0 Å². The molecule has 0 unspecified atom stereocenters. The van der Waals surface area contributed by atoms with Crippen LogP contribution in [0.5, 0.6) is 5.75 Å². The molecule has 5 heteroatoms. The van der Waals surface area contributed by atoms with Crippen LogP contribution in [0.1, 0.15) is 74.0 Å². The van der Waals surface area contributed by atoms with Crippen molar-refractivity contribution in [3.05, 3.63) is 71.0 Å². The fourth-order valence-corrected chi connectivity index (χ4v) is 5.47. The quantitative estimate of drug-likeness (QED) is 0.384. The molecule has 2 aliphatic rings. The lowest BCUT2D eigenvalue weighted by molar-refractivity contribution is -0.155. The van der Waals surface area contributed by atoms with E-state index in [1.54, 1.807) is 13.2 Å². The molecule has 34 heavy (non-hydrogen) atoms.